The highest BCUT2D eigenvalue weighted by Crippen LogP contribution is 2.18. The van der Waals surface area contributed by atoms with Crippen LogP contribution in [0.3, 0.4) is 0 Å². The fourth-order valence-electron chi connectivity index (χ4n) is 3.46. The molecule has 4 heterocycles. The summed E-state index contributed by atoms with van der Waals surface area (Å²) in [6.45, 7) is 2.50. The molecule has 0 unspecified atom stereocenters. The van der Waals surface area contributed by atoms with E-state index in [2.05, 4.69) is 15.3 Å². The second-order valence-corrected chi connectivity index (χ2v) is 6.90. The molecule has 1 aliphatic heterocycles. The van der Waals surface area contributed by atoms with Crippen LogP contribution in [-0.2, 0) is 18.4 Å². The van der Waals surface area contributed by atoms with Crippen LogP contribution in [0.2, 0.25) is 0 Å². The summed E-state index contributed by atoms with van der Waals surface area (Å²) in [7, 11) is 1.94. The van der Waals surface area contributed by atoms with E-state index in [0.29, 0.717) is 31.9 Å². The van der Waals surface area contributed by atoms with E-state index >= 15 is 0 Å². The molecule has 0 aromatic carbocycles. The molecule has 1 N–H and O–H groups in total. The summed E-state index contributed by atoms with van der Waals surface area (Å²) < 4.78 is 3.57. The van der Waals surface area contributed by atoms with E-state index in [4.69, 9.17) is 0 Å². The largest absolute Gasteiger partial charge is 0.349 e. The van der Waals surface area contributed by atoms with Crippen LogP contribution in [0.1, 0.15) is 16.9 Å². The highest BCUT2D eigenvalue weighted by Gasteiger charge is 2.24. The lowest BCUT2D eigenvalue weighted by atomic mass is 10.2. The average Bonchev–Trinajstić information content (AvgIpc) is 3.41. The molecule has 4 rings (SSSR count). The van der Waals surface area contributed by atoms with Gasteiger partial charge in [0.1, 0.15) is 17.9 Å². The lowest BCUT2D eigenvalue weighted by molar-refractivity contribution is -0.131. The molecule has 0 aliphatic carbocycles. The average molecular weight is 381 g/mol. The van der Waals surface area contributed by atoms with Crippen molar-refractivity contribution < 1.29 is 9.59 Å². The minimum Gasteiger partial charge on any atom is -0.349 e. The van der Waals surface area contributed by atoms with Gasteiger partial charge in [-0.05, 0) is 30.7 Å². The van der Waals surface area contributed by atoms with Crippen molar-refractivity contribution in [2.45, 2.75) is 13.0 Å². The van der Waals surface area contributed by atoms with Crippen LogP contribution in [0.5, 0.6) is 0 Å². The van der Waals surface area contributed by atoms with E-state index in [1.165, 1.54) is 0 Å². The number of amides is 2. The summed E-state index contributed by atoms with van der Waals surface area (Å²) >= 11 is 0. The third-order valence-corrected chi connectivity index (χ3v) is 5.01. The standard InChI is InChI=1S/C19H23N7O2/c1-23-7-2-5-17(23)15-13-16(22-21-15)19(28)25-9-4-8-24(11-12-25)18(27)14-26-10-3-6-20-26/h2-3,5-7,10,13H,4,8-9,11-12,14H2,1H3,(H,21,22). The lowest BCUT2D eigenvalue weighted by Crippen LogP contribution is -2.38. The summed E-state index contributed by atoms with van der Waals surface area (Å²) in [5.74, 6) is -0.0696. The van der Waals surface area contributed by atoms with E-state index in [1.54, 1.807) is 39.0 Å². The molecule has 9 nitrogen and oxygen atoms in total. The van der Waals surface area contributed by atoms with Gasteiger partial charge >= 0.3 is 0 Å². The quantitative estimate of drug-likeness (QED) is 0.729. The number of carbonyl (C=O) groups excluding carboxylic acids is 2. The van der Waals surface area contributed by atoms with Crippen LogP contribution in [0.25, 0.3) is 11.4 Å². The molecule has 9 heteroatoms. The van der Waals surface area contributed by atoms with Crippen LogP contribution in [0.15, 0.2) is 42.9 Å². The first-order valence-corrected chi connectivity index (χ1v) is 9.33. The summed E-state index contributed by atoms with van der Waals surface area (Å²) in [5.41, 5.74) is 2.15. The Hall–Kier alpha value is -3.36. The zero-order valence-electron chi connectivity index (χ0n) is 15.8. The van der Waals surface area contributed by atoms with Crippen molar-refractivity contribution in [1.82, 2.24) is 34.3 Å². The molecule has 1 aliphatic rings. The number of aryl methyl sites for hydroxylation is 1. The van der Waals surface area contributed by atoms with Crippen molar-refractivity contribution in [2.75, 3.05) is 26.2 Å². The van der Waals surface area contributed by atoms with Crippen molar-refractivity contribution in [3.8, 4) is 11.4 Å². The molecular formula is C19H23N7O2. The van der Waals surface area contributed by atoms with Gasteiger partial charge in [-0.25, -0.2) is 0 Å². The van der Waals surface area contributed by atoms with Crippen LogP contribution >= 0.6 is 0 Å². The van der Waals surface area contributed by atoms with Crippen LogP contribution in [-0.4, -0.2) is 72.3 Å². The molecule has 0 spiro atoms. The number of nitrogens with one attached hydrogen (secondary N) is 1. The van der Waals surface area contributed by atoms with Gasteiger partial charge in [-0.15, -0.1) is 0 Å². The zero-order valence-corrected chi connectivity index (χ0v) is 15.8. The second-order valence-electron chi connectivity index (χ2n) is 6.90. The third kappa shape index (κ3) is 3.68. The zero-order chi connectivity index (χ0) is 19.5. The Morgan fingerprint density at radius 1 is 1.11 bits per heavy atom. The van der Waals surface area contributed by atoms with E-state index in [-0.39, 0.29) is 18.4 Å². The van der Waals surface area contributed by atoms with Crippen molar-refractivity contribution in [2.24, 2.45) is 7.05 Å². The van der Waals surface area contributed by atoms with E-state index < -0.39 is 0 Å². The highest BCUT2D eigenvalue weighted by molar-refractivity contribution is 5.93. The van der Waals surface area contributed by atoms with Gasteiger partial charge in [-0.3, -0.25) is 19.4 Å². The Kier molecular flexibility index (Phi) is 4.96. The van der Waals surface area contributed by atoms with Crippen molar-refractivity contribution in [3.05, 3.63) is 48.5 Å². The maximum absolute atomic E-state index is 12.9. The Labute approximate surface area is 162 Å². The summed E-state index contributed by atoms with van der Waals surface area (Å²) in [6.07, 6.45) is 6.11. The first-order valence-electron chi connectivity index (χ1n) is 9.33. The monoisotopic (exact) mass is 381 g/mol. The number of carbonyl (C=O) groups is 2. The Bertz CT molecular complexity index is 957. The molecule has 3 aromatic rings. The fourth-order valence-corrected chi connectivity index (χ4v) is 3.46. The van der Waals surface area contributed by atoms with Crippen LogP contribution in [0, 0.1) is 0 Å². The first kappa shape index (κ1) is 18.0. The summed E-state index contributed by atoms with van der Waals surface area (Å²) in [6, 6.07) is 7.47. The Balaban J connectivity index is 1.39. The predicted octanol–water partition coefficient (Wildman–Crippen LogP) is 0.986. The number of H-pyrrole nitrogens is 1. The number of rotatable bonds is 4. The number of hydrogen-bond donors (Lipinski definition) is 1. The van der Waals surface area contributed by atoms with Gasteiger partial charge in [0, 0.05) is 51.8 Å². The predicted molar refractivity (Wildman–Crippen MR) is 102 cm³/mol. The summed E-state index contributed by atoms with van der Waals surface area (Å²) in [5, 5.41) is 11.2. The Morgan fingerprint density at radius 2 is 1.93 bits per heavy atom. The molecule has 146 valence electrons. The van der Waals surface area contributed by atoms with E-state index in [9.17, 15) is 9.59 Å². The lowest BCUT2D eigenvalue weighted by Gasteiger charge is -2.21. The second kappa shape index (κ2) is 7.71. The van der Waals surface area contributed by atoms with Crippen LogP contribution in [0.4, 0.5) is 0 Å². The number of hydrogen-bond acceptors (Lipinski definition) is 4. The number of aromatic amines is 1. The van der Waals surface area contributed by atoms with Crippen molar-refractivity contribution in [3.63, 3.8) is 0 Å². The minimum absolute atomic E-state index is 0.0190. The van der Waals surface area contributed by atoms with Gasteiger partial charge in [0.25, 0.3) is 5.91 Å². The van der Waals surface area contributed by atoms with E-state index in [1.807, 2.05) is 29.9 Å². The van der Waals surface area contributed by atoms with Gasteiger partial charge in [0.05, 0.1) is 5.69 Å². The SMILES string of the molecule is Cn1cccc1-c1cc(C(=O)N2CCCN(C(=O)Cn3cccn3)CC2)[nH]n1. The van der Waals surface area contributed by atoms with Gasteiger partial charge in [-0.2, -0.15) is 10.2 Å². The molecule has 2 amide bonds. The third-order valence-electron chi connectivity index (χ3n) is 5.01. The van der Waals surface area contributed by atoms with Crippen molar-refractivity contribution >= 4 is 11.8 Å². The fraction of sp³-hybridized carbons (Fsp3) is 0.368. The maximum atomic E-state index is 12.9. The Morgan fingerprint density at radius 3 is 2.68 bits per heavy atom. The summed E-state index contributed by atoms with van der Waals surface area (Å²) in [4.78, 5) is 28.9. The maximum Gasteiger partial charge on any atom is 0.271 e. The molecule has 0 saturated carbocycles. The first-order chi connectivity index (χ1) is 13.6. The molecular weight excluding hydrogens is 358 g/mol. The van der Waals surface area contributed by atoms with Gasteiger partial charge < -0.3 is 14.4 Å². The molecule has 0 radical (unpaired) electrons. The van der Waals surface area contributed by atoms with Gasteiger partial charge in [0.2, 0.25) is 5.91 Å². The topological polar surface area (TPSA) is 92.0 Å². The van der Waals surface area contributed by atoms with Gasteiger partial charge in [0.15, 0.2) is 0 Å². The molecule has 1 fully saturated rings. The normalized spacial score (nSPS) is 14.9. The number of nitrogens with zero attached hydrogens (tertiary/aromatic N) is 6. The van der Waals surface area contributed by atoms with Crippen molar-refractivity contribution in [1.29, 1.82) is 0 Å². The molecule has 0 bridgehead atoms. The smallest absolute Gasteiger partial charge is 0.271 e. The molecule has 3 aromatic heterocycles. The molecule has 1 saturated heterocycles. The molecule has 28 heavy (non-hydrogen) atoms. The van der Waals surface area contributed by atoms with Gasteiger partial charge in [-0.1, -0.05) is 0 Å². The minimum atomic E-state index is -0.0886. The van der Waals surface area contributed by atoms with Crippen LogP contribution < -0.4 is 0 Å². The highest BCUT2D eigenvalue weighted by atomic mass is 16.2. The number of aromatic nitrogens is 5. The molecule has 0 atom stereocenters. The van der Waals surface area contributed by atoms with E-state index in [0.717, 1.165) is 17.8 Å².